The number of hydrogen-bond donors (Lipinski definition) is 3. The van der Waals surface area contributed by atoms with Crippen LogP contribution in [0.5, 0.6) is 5.75 Å². The summed E-state index contributed by atoms with van der Waals surface area (Å²) in [6.45, 7) is -0.532. The van der Waals surface area contributed by atoms with Gasteiger partial charge in [-0.15, -0.1) is 12.4 Å². The molecule has 10 nitrogen and oxygen atoms in total. The highest BCUT2D eigenvalue weighted by atomic mass is 35.5. The Labute approximate surface area is 224 Å². The lowest BCUT2D eigenvalue weighted by Crippen LogP contribution is -2.35. The molecule has 1 fully saturated rings. The number of hydrogen-bond acceptors (Lipinski definition) is 7. The van der Waals surface area contributed by atoms with Gasteiger partial charge in [0.25, 0.3) is 5.91 Å². The fourth-order valence-corrected chi connectivity index (χ4v) is 4.41. The maximum Gasteiger partial charge on any atom is 0.341 e. The van der Waals surface area contributed by atoms with Crippen LogP contribution in [0, 0.1) is 5.92 Å². The Kier molecular flexibility index (Phi) is 9.36. The number of ether oxygens (including phenoxy) is 1. The maximum atomic E-state index is 13.2. The van der Waals surface area contributed by atoms with E-state index in [1.54, 1.807) is 18.2 Å². The smallest absolute Gasteiger partial charge is 0.341 e. The molecule has 1 aliphatic carbocycles. The average molecular weight is 551 g/mol. The van der Waals surface area contributed by atoms with Gasteiger partial charge in [0, 0.05) is 23.5 Å². The summed E-state index contributed by atoms with van der Waals surface area (Å²) in [5.74, 6) is -1.72. The zero-order valence-electron chi connectivity index (χ0n) is 20.3. The van der Waals surface area contributed by atoms with E-state index in [1.165, 1.54) is 18.3 Å². The lowest BCUT2D eigenvalue weighted by molar-refractivity contribution is -0.139. The number of carbonyl (C=O) groups excluding carboxylic acids is 2. The van der Waals surface area contributed by atoms with Gasteiger partial charge in [0.05, 0.1) is 5.02 Å². The summed E-state index contributed by atoms with van der Waals surface area (Å²) in [4.78, 5) is 43.5. The van der Waals surface area contributed by atoms with Gasteiger partial charge in [-0.1, -0.05) is 11.6 Å². The fourth-order valence-electron chi connectivity index (χ4n) is 4.30. The minimum Gasteiger partial charge on any atom is -0.482 e. The van der Waals surface area contributed by atoms with E-state index in [0.717, 1.165) is 25.7 Å². The standard InChI is InChI=1S/C25H27ClN4O6.ClH/c1-30(2)16-6-3-14(4-7-16)24(33)29-22-18-11-17(35-13-21(31)32)8-9-19(18)36-23(22)25(34)28-20-10-5-15(26)12-27-20;/h5,8-12,14,16H,3-4,6-7,13H2,1-2H3,(H,29,33)(H,31,32)(H,27,28,34);1H. The fraction of sp³-hybridized carbons (Fsp3) is 0.360. The van der Waals surface area contributed by atoms with E-state index in [9.17, 15) is 14.4 Å². The molecule has 2 aromatic heterocycles. The minimum atomic E-state index is -1.13. The third kappa shape index (κ3) is 6.91. The first-order valence-electron chi connectivity index (χ1n) is 11.5. The first kappa shape index (κ1) is 28.2. The predicted molar refractivity (Wildman–Crippen MR) is 142 cm³/mol. The molecule has 0 bridgehead atoms. The SMILES string of the molecule is CN(C)C1CCC(C(=O)Nc2c(C(=O)Nc3ccc(Cl)cn3)oc3ccc(OCC(=O)O)cc23)CC1.Cl. The van der Waals surface area contributed by atoms with E-state index >= 15 is 0 Å². The molecule has 4 rings (SSSR count). The Hall–Kier alpha value is -3.34. The van der Waals surface area contributed by atoms with Crippen LogP contribution in [-0.4, -0.2) is 59.5 Å². The normalized spacial score (nSPS) is 17.2. The molecule has 0 aliphatic heterocycles. The van der Waals surface area contributed by atoms with Crippen molar-refractivity contribution < 1.29 is 28.6 Å². The summed E-state index contributed by atoms with van der Waals surface area (Å²) < 4.78 is 11.1. The Morgan fingerprint density at radius 2 is 1.86 bits per heavy atom. The largest absolute Gasteiger partial charge is 0.482 e. The van der Waals surface area contributed by atoms with Gasteiger partial charge < -0.3 is 29.8 Å². The summed E-state index contributed by atoms with van der Waals surface area (Å²) in [7, 11) is 4.07. The van der Waals surface area contributed by atoms with Gasteiger partial charge in [-0.2, -0.15) is 0 Å². The van der Waals surface area contributed by atoms with Crippen molar-refractivity contribution in [2.75, 3.05) is 31.3 Å². The second-order valence-electron chi connectivity index (χ2n) is 8.92. The molecule has 37 heavy (non-hydrogen) atoms. The predicted octanol–water partition coefficient (Wildman–Crippen LogP) is 4.68. The first-order chi connectivity index (χ1) is 17.2. The highest BCUT2D eigenvalue weighted by Crippen LogP contribution is 2.36. The summed E-state index contributed by atoms with van der Waals surface area (Å²) in [5, 5.41) is 15.3. The number of pyridine rings is 1. The Morgan fingerprint density at radius 3 is 2.49 bits per heavy atom. The van der Waals surface area contributed by atoms with Crippen LogP contribution < -0.4 is 15.4 Å². The Bertz CT molecular complexity index is 1270. The molecule has 1 saturated carbocycles. The van der Waals surface area contributed by atoms with Crippen molar-refractivity contribution in [2.45, 2.75) is 31.7 Å². The number of rotatable bonds is 8. The molecule has 0 radical (unpaired) electrons. The average Bonchev–Trinajstić information content (AvgIpc) is 3.21. The number of benzene rings is 1. The third-order valence-electron chi connectivity index (χ3n) is 6.24. The van der Waals surface area contributed by atoms with E-state index in [0.29, 0.717) is 22.0 Å². The topological polar surface area (TPSA) is 134 Å². The van der Waals surface area contributed by atoms with Gasteiger partial charge >= 0.3 is 5.97 Å². The molecule has 0 unspecified atom stereocenters. The molecule has 198 valence electrons. The summed E-state index contributed by atoms with van der Waals surface area (Å²) in [5.41, 5.74) is 0.524. The van der Waals surface area contributed by atoms with E-state index in [1.807, 2.05) is 14.1 Å². The van der Waals surface area contributed by atoms with Crippen molar-refractivity contribution in [3.8, 4) is 5.75 Å². The van der Waals surface area contributed by atoms with Crippen LogP contribution in [0.2, 0.25) is 5.02 Å². The molecule has 1 aromatic carbocycles. The third-order valence-corrected chi connectivity index (χ3v) is 6.47. The van der Waals surface area contributed by atoms with Crippen molar-refractivity contribution in [1.82, 2.24) is 9.88 Å². The van der Waals surface area contributed by atoms with Crippen molar-refractivity contribution in [3.05, 3.63) is 47.3 Å². The quantitative estimate of drug-likeness (QED) is 0.368. The second-order valence-corrected chi connectivity index (χ2v) is 9.36. The van der Waals surface area contributed by atoms with Crippen LogP contribution in [0.4, 0.5) is 11.5 Å². The van der Waals surface area contributed by atoms with E-state index < -0.39 is 18.5 Å². The molecule has 3 N–H and O–H groups in total. The number of carboxylic acid groups (broad SMARTS) is 1. The molecular formula is C25H28Cl2N4O6. The highest BCUT2D eigenvalue weighted by molar-refractivity contribution is 6.30. The maximum absolute atomic E-state index is 13.2. The van der Waals surface area contributed by atoms with Crippen molar-refractivity contribution in [2.24, 2.45) is 5.92 Å². The number of nitrogens with zero attached hydrogens (tertiary/aromatic N) is 2. The van der Waals surface area contributed by atoms with Crippen LogP contribution in [0.3, 0.4) is 0 Å². The monoisotopic (exact) mass is 550 g/mol. The van der Waals surface area contributed by atoms with E-state index in [4.69, 9.17) is 25.9 Å². The number of fused-ring (bicyclic) bond motifs is 1. The molecule has 3 aromatic rings. The van der Waals surface area contributed by atoms with Crippen LogP contribution in [0.1, 0.15) is 36.2 Å². The first-order valence-corrected chi connectivity index (χ1v) is 11.9. The number of carboxylic acids is 1. The van der Waals surface area contributed by atoms with Gasteiger partial charge in [0.15, 0.2) is 6.61 Å². The minimum absolute atomic E-state index is 0. The molecule has 0 saturated heterocycles. The van der Waals surface area contributed by atoms with Gasteiger partial charge in [0.2, 0.25) is 11.7 Å². The van der Waals surface area contributed by atoms with Crippen molar-refractivity contribution in [1.29, 1.82) is 0 Å². The Morgan fingerprint density at radius 1 is 1.14 bits per heavy atom. The van der Waals surface area contributed by atoms with Crippen molar-refractivity contribution >= 4 is 64.3 Å². The second kappa shape index (κ2) is 12.3. The molecular weight excluding hydrogens is 523 g/mol. The van der Waals surface area contributed by atoms with Crippen LogP contribution >= 0.6 is 24.0 Å². The summed E-state index contributed by atoms with van der Waals surface area (Å²) in [6.07, 6.45) is 4.66. The lowest BCUT2D eigenvalue weighted by atomic mass is 9.85. The number of halogens is 2. The number of nitrogens with one attached hydrogen (secondary N) is 2. The van der Waals surface area contributed by atoms with Gasteiger partial charge in [-0.25, -0.2) is 9.78 Å². The van der Waals surface area contributed by atoms with E-state index in [-0.39, 0.29) is 47.2 Å². The summed E-state index contributed by atoms with van der Waals surface area (Å²) >= 11 is 5.87. The molecule has 12 heteroatoms. The number of anilines is 2. The number of aliphatic carboxylic acids is 1. The number of amides is 2. The molecule has 2 heterocycles. The van der Waals surface area contributed by atoms with Crippen LogP contribution in [0.25, 0.3) is 11.0 Å². The van der Waals surface area contributed by atoms with E-state index in [2.05, 4.69) is 20.5 Å². The zero-order chi connectivity index (χ0) is 25.8. The lowest BCUT2D eigenvalue weighted by Gasteiger charge is -2.31. The molecule has 0 atom stereocenters. The Balaban J connectivity index is 0.00000380. The van der Waals surface area contributed by atoms with Crippen LogP contribution in [-0.2, 0) is 9.59 Å². The van der Waals surface area contributed by atoms with Gasteiger partial charge in [0.1, 0.15) is 22.8 Å². The molecule has 1 aliphatic rings. The zero-order valence-corrected chi connectivity index (χ0v) is 21.9. The van der Waals surface area contributed by atoms with Gasteiger partial charge in [-0.3, -0.25) is 9.59 Å². The number of carbonyl (C=O) groups is 3. The van der Waals surface area contributed by atoms with Crippen LogP contribution in [0.15, 0.2) is 40.9 Å². The molecule has 0 spiro atoms. The molecule has 2 amide bonds. The highest BCUT2D eigenvalue weighted by Gasteiger charge is 2.30. The number of aromatic nitrogens is 1. The van der Waals surface area contributed by atoms with Crippen molar-refractivity contribution in [3.63, 3.8) is 0 Å². The summed E-state index contributed by atoms with van der Waals surface area (Å²) in [6, 6.07) is 8.19. The van der Waals surface area contributed by atoms with Gasteiger partial charge in [-0.05, 0) is 70.1 Å². The number of furan rings is 1.